The Bertz CT molecular complexity index is 400. The number of carbonyl (C=O) groups excluding carboxylic acids is 1. The first-order valence-corrected chi connectivity index (χ1v) is 8.27. The minimum Gasteiger partial charge on any atom is -0.352 e. The second-order valence-electron chi connectivity index (χ2n) is 5.81. The molecule has 116 valence electrons. The van der Waals surface area contributed by atoms with E-state index in [0.29, 0.717) is 5.56 Å². The minimum absolute atomic E-state index is 0.00455. The highest BCUT2D eigenvalue weighted by atomic mass is 16.1. The van der Waals surface area contributed by atoms with Gasteiger partial charge in [0.15, 0.2) is 0 Å². The Labute approximate surface area is 127 Å². The second-order valence-corrected chi connectivity index (χ2v) is 5.81. The van der Waals surface area contributed by atoms with Gasteiger partial charge in [0.05, 0.1) is 0 Å². The smallest absolute Gasteiger partial charge is 0.251 e. The van der Waals surface area contributed by atoms with E-state index < -0.39 is 0 Å². The van der Waals surface area contributed by atoms with Crippen molar-refractivity contribution >= 4 is 5.91 Å². The van der Waals surface area contributed by atoms with Gasteiger partial charge in [-0.15, -0.1) is 0 Å². The number of likely N-dealkylation sites (tertiary alicyclic amines) is 1. The molecule has 4 nitrogen and oxygen atoms in total. The molecule has 1 N–H and O–H groups in total. The number of rotatable bonds is 7. The highest BCUT2D eigenvalue weighted by molar-refractivity contribution is 5.93. The van der Waals surface area contributed by atoms with Gasteiger partial charge in [-0.2, -0.15) is 0 Å². The van der Waals surface area contributed by atoms with Gasteiger partial charge < -0.3 is 10.2 Å². The van der Waals surface area contributed by atoms with Crippen LogP contribution in [0.5, 0.6) is 0 Å². The molecule has 2 rings (SSSR count). The Kier molecular flexibility index (Phi) is 7.22. The molecule has 0 saturated carbocycles. The molecule has 1 aliphatic heterocycles. The van der Waals surface area contributed by atoms with Crippen LogP contribution in [0.4, 0.5) is 0 Å². The average Bonchev–Trinajstić information content (AvgIpc) is 2.80. The fraction of sp³-hybridized carbons (Fsp3) is 0.647. The van der Waals surface area contributed by atoms with Crippen LogP contribution in [-0.2, 0) is 0 Å². The van der Waals surface area contributed by atoms with Crippen molar-refractivity contribution in [3.63, 3.8) is 0 Å². The molecule has 4 heteroatoms. The van der Waals surface area contributed by atoms with Gasteiger partial charge in [0.25, 0.3) is 5.91 Å². The highest BCUT2D eigenvalue weighted by Gasteiger charge is 2.08. The molecule has 2 heterocycles. The van der Waals surface area contributed by atoms with Gasteiger partial charge >= 0.3 is 0 Å². The number of hydrogen-bond donors (Lipinski definition) is 1. The van der Waals surface area contributed by atoms with E-state index >= 15 is 0 Å². The maximum absolute atomic E-state index is 11.8. The zero-order valence-electron chi connectivity index (χ0n) is 12.9. The predicted octanol–water partition coefficient (Wildman–Crippen LogP) is 2.86. The molecule has 1 aliphatic rings. The standard InChI is InChI=1S/C17H27N3O/c21-17(16-8-11-18-12-9-16)19-10-4-3-7-15-20-13-5-1-2-6-14-20/h8-9,11-12H,1-7,10,13-15H2,(H,19,21). The molecule has 21 heavy (non-hydrogen) atoms. The summed E-state index contributed by atoms with van der Waals surface area (Å²) >= 11 is 0. The molecule has 1 amide bonds. The maximum atomic E-state index is 11.8. The third-order valence-corrected chi connectivity index (χ3v) is 4.08. The van der Waals surface area contributed by atoms with Crippen molar-refractivity contribution in [3.05, 3.63) is 30.1 Å². The van der Waals surface area contributed by atoms with Crippen molar-refractivity contribution in [2.45, 2.75) is 44.9 Å². The number of hydrogen-bond acceptors (Lipinski definition) is 3. The summed E-state index contributed by atoms with van der Waals surface area (Å²) in [6.45, 7) is 4.54. The summed E-state index contributed by atoms with van der Waals surface area (Å²) in [7, 11) is 0. The quantitative estimate of drug-likeness (QED) is 0.785. The lowest BCUT2D eigenvalue weighted by molar-refractivity contribution is 0.0952. The number of pyridine rings is 1. The molecule has 1 fully saturated rings. The van der Waals surface area contributed by atoms with Crippen LogP contribution in [-0.4, -0.2) is 42.0 Å². The number of carbonyl (C=O) groups is 1. The van der Waals surface area contributed by atoms with Crippen LogP contribution in [0.25, 0.3) is 0 Å². The van der Waals surface area contributed by atoms with Gasteiger partial charge in [-0.25, -0.2) is 0 Å². The van der Waals surface area contributed by atoms with Crippen molar-refractivity contribution in [2.24, 2.45) is 0 Å². The van der Waals surface area contributed by atoms with E-state index in [9.17, 15) is 4.79 Å². The van der Waals surface area contributed by atoms with Crippen molar-refractivity contribution in [1.82, 2.24) is 15.2 Å². The first-order chi connectivity index (χ1) is 10.4. The molecule has 0 aliphatic carbocycles. The van der Waals surface area contributed by atoms with E-state index in [2.05, 4.69) is 15.2 Å². The molecule has 0 radical (unpaired) electrons. The monoisotopic (exact) mass is 289 g/mol. The molecule has 1 aromatic heterocycles. The van der Waals surface area contributed by atoms with E-state index in [0.717, 1.165) is 13.0 Å². The van der Waals surface area contributed by atoms with Crippen molar-refractivity contribution in [1.29, 1.82) is 0 Å². The Hall–Kier alpha value is -1.42. The Morgan fingerprint density at radius 1 is 1.05 bits per heavy atom. The zero-order valence-corrected chi connectivity index (χ0v) is 12.9. The summed E-state index contributed by atoms with van der Waals surface area (Å²) in [5.74, 6) is 0.00455. The average molecular weight is 289 g/mol. The normalized spacial score (nSPS) is 16.4. The molecular formula is C17H27N3O. The number of amides is 1. The summed E-state index contributed by atoms with van der Waals surface area (Å²) in [5.41, 5.74) is 0.689. The Morgan fingerprint density at radius 3 is 2.48 bits per heavy atom. The number of nitrogens with zero attached hydrogens (tertiary/aromatic N) is 2. The number of nitrogens with one attached hydrogen (secondary N) is 1. The highest BCUT2D eigenvalue weighted by Crippen LogP contribution is 2.10. The third-order valence-electron chi connectivity index (χ3n) is 4.08. The van der Waals surface area contributed by atoms with Crippen LogP contribution in [0.2, 0.25) is 0 Å². The van der Waals surface area contributed by atoms with E-state index in [1.54, 1.807) is 24.5 Å². The second kappa shape index (κ2) is 9.50. The summed E-state index contributed by atoms with van der Waals surface area (Å²) in [4.78, 5) is 18.3. The molecular weight excluding hydrogens is 262 g/mol. The summed E-state index contributed by atoms with van der Waals surface area (Å²) in [6, 6.07) is 3.49. The maximum Gasteiger partial charge on any atom is 0.251 e. The van der Waals surface area contributed by atoms with Gasteiger partial charge in [0, 0.05) is 24.5 Å². The van der Waals surface area contributed by atoms with Crippen LogP contribution in [0.3, 0.4) is 0 Å². The number of aromatic nitrogens is 1. The molecule has 0 atom stereocenters. The fourth-order valence-electron chi connectivity index (χ4n) is 2.80. The Balaban J connectivity index is 1.51. The van der Waals surface area contributed by atoms with E-state index in [-0.39, 0.29) is 5.91 Å². The molecule has 0 unspecified atom stereocenters. The van der Waals surface area contributed by atoms with Crippen LogP contribution < -0.4 is 5.32 Å². The SMILES string of the molecule is O=C(NCCCCCN1CCCCCC1)c1ccncc1. The minimum atomic E-state index is 0.00455. The predicted molar refractivity (Wildman–Crippen MR) is 85.3 cm³/mol. The van der Waals surface area contributed by atoms with E-state index in [1.165, 1.54) is 58.2 Å². The van der Waals surface area contributed by atoms with Gasteiger partial charge in [-0.05, 0) is 57.5 Å². The molecule has 0 aromatic carbocycles. The number of unbranched alkanes of at least 4 members (excludes halogenated alkanes) is 2. The van der Waals surface area contributed by atoms with E-state index in [1.807, 2.05) is 0 Å². The third kappa shape index (κ3) is 6.25. The summed E-state index contributed by atoms with van der Waals surface area (Å²) < 4.78 is 0. The fourth-order valence-corrected chi connectivity index (χ4v) is 2.80. The van der Waals surface area contributed by atoms with Gasteiger partial charge in [0.2, 0.25) is 0 Å². The van der Waals surface area contributed by atoms with Crippen LogP contribution >= 0.6 is 0 Å². The lowest BCUT2D eigenvalue weighted by Gasteiger charge is -2.19. The summed E-state index contributed by atoms with van der Waals surface area (Å²) in [6.07, 6.45) is 12.3. The van der Waals surface area contributed by atoms with Crippen molar-refractivity contribution < 1.29 is 4.79 Å². The van der Waals surface area contributed by atoms with Gasteiger partial charge in [0.1, 0.15) is 0 Å². The largest absolute Gasteiger partial charge is 0.352 e. The van der Waals surface area contributed by atoms with E-state index in [4.69, 9.17) is 0 Å². The van der Waals surface area contributed by atoms with Gasteiger partial charge in [-0.3, -0.25) is 9.78 Å². The first-order valence-electron chi connectivity index (χ1n) is 8.27. The molecule has 1 aromatic rings. The van der Waals surface area contributed by atoms with Crippen LogP contribution in [0.15, 0.2) is 24.5 Å². The lowest BCUT2D eigenvalue weighted by Crippen LogP contribution is -2.26. The lowest BCUT2D eigenvalue weighted by atomic mass is 10.2. The van der Waals surface area contributed by atoms with Crippen LogP contribution in [0, 0.1) is 0 Å². The summed E-state index contributed by atoms with van der Waals surface area (Å²) in [5, 5.41) is 2.97. The van der Waals surface area contributed by atoms with Crippen molar-refractivity contribution in [2.75, 3.05) is 26.2 Å². The molecule has 0 bridgehead atoms. The van der Waals surface area contributed by atoms with Gasteiger partial charge in [-0.1, -0.05) is 19.3 Å². The van der Waals surface area contributed by atoms with Crippen molar-refractivity contribution in [3.8, 4) is 0 Å². The Morgan fingerprint density at radius 2 is 1.76 bits per heavy atom. The topological polar surface area (TPSA) is 45.2 Å². The van der Waals surface area contributed by atoms with Crippen LogP contribution in [0.1, 0.15) is 55.3 Å². The molecule has 0 spiro atoms. The zero-order chi connectivity index (χ0) is 14.8. The molecule has 1 saturated heterocycles. The first kappa shape index (κ1) is 16.0.